The van der Waals surface area contributed by atoms with Gasteiger partial charge in [-0.1, -0.05) is 135 Å². The van der Waals surface area contributed by atoms with Crippen LogP contribution in [0, 0.1) is 0 Å². The first-order chi connectivity index (χ1) is 33.1. The highest BCUT2D eigenvalue weighted by Crippen LogP contribution is 2.53. The molecule has 200 valence electrons. The Morgan fingerprint density at radius 3 is 2.14 bits per heavy atom. The van der Waals surface area contributed by atoms with E-state index in [9.17, 15) is 15.1 Å². The van der Waals surface area contributed by atoms with Gasteiger partial charge in [-0.3, -0.25) is 0 Å². The first kappa shape index (κ1) is 8.69. The van der Waals surface area contributed by atoms with E-state index in [-0.39, 0.29) is 0 Å². The fraction of sp³-hybridized carbons (Fsp3) is 0.0732. The lowest BCUT2D eigenvalue weighted by Crippen LogP contribution is -2.24. The van der Waals surface area contributed by atoms with Crippen LogP contribution in [-0.2, 0) is 5.41 Å². The summed E-state index contributed by atoms with van der Waals surface area (Å²) in [5.41, 5.74) is -13.0. The van der Waals surface area contributed by atoms with Crippen molar-refractivity contribution in [2.24, 2.45) is 0 Å². The average molecular weight is 568 g/mol. The second kappa shape index (κ2) is 9.46. The predicted molar refractivity (Wildman–Crippen MR) is 179 cm³/mol. The molecule has 0 radical (unpaired) electrons. The molecule has 1 aliphatic carbocycles. The number of rotatable bonds is 4. The lowest BCUT2D eigenvalue weighted by atomic mass is 9.68. The first-order valence-electron chi connectivity index (χ1n) is 27.2. The molecular weight excluding hydrogens is 506 g/mol. The summed E-state index contributed by atoms with van der Waals surface area (Å²) in [6.07, 6.45) is 0. The molecule has 1 heteroatoms. The van der Waals surface area contributed by atoms with E-state index in [1.54, 1.807) is 0 Å². The lowest BCUT2D eigenvalue weighted by molar-refractivity contribution is 0.645. The van der Waals surface area contributed by atoms with Gasteiger partial charge in [0.25, 0.3) is 0 Å². The highest BCUT2D eigenvalue weighted by Gasteiger charge is 2.35. The van der Waals surface area contributed by atoms with E-state index in [4.69, 9.17) is 26.0 Å². The van der Waals surface area contributed by atoms with Gasteiger partial charge < -0.3 is 4.90 Å². The molecule has 0 unspecified atom stereocenters. The van der Waals surface area contributed by atoms with E-state index in [2.05, 4.69) is 0 Å². The topological polar surface area (TPSA) is 3.24 Å². The van der Waals surface area contributed by atoms with Crippen molar-refractivity contribution < 1.29 is 41.1 Å². The van der Waals surface area contributed by atoms with Crippen molar-refractivity contribution in [1.82, 2.24) is 0 Å². The first-order valence-corrected chi connectivity index (χ1v) is 12.2. The van der Waals surface area contributed by atoms with E-state index < -0.39 is 236 Å². The van der Waals surface area contributed by atoms with E-state index in [0.29, 0.717) is 11.0 Å². The molecular formula is C41H31N. The highest BCUT2D eigenvalue weighted by molar-refractivity contribution is 6.10. The maximum absolute atomic E-state index is 9.76. The SMILES string of the molecule is [2H]c1cc(-c2c([2H])c([2H])c([2H])c([2H])c2[2H])c([2H])c([2H])c1N(c1c([2H])c([2H])c2c([2H])c([2H])c([2H])c([2H])c2c1[2H])c1c([2H])c([2H])c2c([2H])c([2H])c([2H])c3c2c1-c1c([2H])c([2H])c([2H])c([2H])c1C3(C([2H])([2H])[2H])C([2H])([2H])[2H]. The van der Waals surface area contributed by atoms with Crippen LogP contribution in [0.25, 0.3) is 43.8 Å². The minimum atomic E-state index is -3.99. The smallest absolute Gasteiger partial charge is 0.0651 e. The number of anilines is 3. The van der Waals surface area contributed by atoms with Crippen LogP contribution in [-0.4, -0.2) is 0 Å². The molecule has 0 aromatic heterocycles. The summed E-state index contributed by atoms with van der Waals surface area (Å²) >= 11 is 0. The molecule has 7 aromatic rings. The van der Waals surface area contributed by atoms with E-state index in [1.165, 1.54) is 0 Å². The summed E-state index contributed by atoms with van der Waals surface area (Å²) in [4.78, 5) is 0.404. The molecule has 0 fully saturated rings. The van der Waals surface area contributed by atoms with Gasteiger partial charge in [0.15, 0.2) is 0 Å². The van der Waals surface area contributed by atoms with Gasteiger partial charge >= 0.3 is 0 Å². The van der Waals surface area contributed by atoms with Gasteiger partial charge in [0.05, 0.1) is 38.6 Å². The Kier molecular flexibility index (Phi) is 1.96. The van der Waals surface area contributed by atoms with E-state index in [0.717, 1.165) is 0 Å². The average Bonchev–Trinajstić information content (AvgIpc) is 3.30. The lowest BCUT2D eigenvalue weighted by Gasteiger charge is -2.38. The standard InChI is InChI=1S/C41H31N/c1-41(2)36-17-9-8-16-35(36)40-38(26-22-31-15-10-18-37(41)39(31)40)42(34-25-21-29-13-6-7-14-32(29)27-34)33-23-19-30(20-24-33)28-11-4-3-5-12-28/h3-27H,1-2H3/i1D3,2D3,3D,4D,5D,6D,7D,8D,9D,10D,11D,12D,13D,14D,15D,16D,17D,18D,19D,21D,22D,23D,24D,25D,26D,27D. The van der Waals surface area contributed by atoms with Gasteiger partial charge in [-0.15, -0.1) is 0 Å². The van der Waals surface area contributed by atoms with Crippen molar-refractivity contribution in [1.29, 1.82) is 0 Å². The van der Waals surface area contributed by atoms with Crippen LogP contribution in [0.5, 0.6) is 0 Å². The number of benzene rings is 7. The number of hydrogen-bond donors (Lipinski definition) is 0. The Hall–Kier alpha value is -5.14. The Labute approximate surface area is 289 Å². The van der Waals surface area contributed by atoms with E-state index >= 15 is 0 Å². The monoisotopic (exact) mass is 567 g/mol. The molecule has 7 aromatic carbocycles. The third-order valence-electron chi connectivity index (χ3n) is 6.70. The van der Waals surface area contributed by atoms with Gasteiger partial charge in [0.2, 0.25) is 0 Å². The van der Waals surface area contributed by atoms with Gasteiger partial charge in [0, 0.05) is 30.6 Å². The third-order valence-corrected chi connectivity index (χ3v) is 6.70. The zero-order valence-electron chi connectivity index (χ0n) is 51.0. The molecule has 1 aliphatic rings. The fourth-order valence-corrected chi connectivity index (χ4v) is 4.85. The number of fused-ring (bicyclic) bond motifs is 3. The normalized spacial score (nSPS) is 23.9. The molecule has 0 spiro atoms. The van der Waals surface area contributed by atoms with Crippen molar-refractivity contribution in [2.45, 2.75) is 19.1 Å². The largest absolute Gasteiger partial charge is 0.310 e. The summed E-state index contributed by atoms with van der Waals surface area (Å²) in [5.74, 6) is 0. The van der Waals surface area contributed by atoms with E-state index in [1.807, 2.05) is 0 Å². The zero-order chi connectivity index (χ0) is 54.1. The van der Waals surface area contributed by atoms with Crippen LogP contribution < -0.4 is 4.90 Å². The minimum Gasteiger partial charge on any atom is -0.310 e. The van der Waals surface area contributed by atoms with Gasteiger partial charge in [0.1, 0.15) is 0 Å². The van der Waals surface area contributed by atoms with Gasteiger partial charge in [-0.2, -0.15) is 0 Å². The van der Waals surface area contributed by atoms with Crippen LogP contribution in [0.2, 0.25) is 0 Å². The second-order valence-corrected chi connectivity index (χ2v) is 9.08. The molecule has 0 saturated carbocycles. The van der Waals surface area contributed by atoms with Crippen LogP contribution in [0.4, 0.5) is 17.1 Å². The summed E-state index contributed by atoms with van der Waals surface area (Å²) in [6.45, 7) is -7.98. The molecule has 42 heavy (non-hydrogen) atoms. The molecule has 1 nitrogen and oxygen atoms in total. The summed E-state index contributed by atoms with van der Waals surface area (Å²) < 4.78 is 269. The molecule has 0 N–H and O–H groups in total. The highest BCUT2D eigenvalue weighted by atomic mass is 15.1. The maximum atomic E-state index is 9.76. The second-order valence-electron chi connectivity index (χ2n) is 9.08. The predicted octanol–water partition coefficient (Wildman–Crippen LogP) is 11.4. The molecule has 0 aliphatic heterocycles. The summed E-state index contributed by atoms with van der Waals surface area (Å²) in [6, 6.07) is -25.4. The van der Waals surface area contributed by atoms with Crippen LogP contribution >= 0.6 is 0 Å². The Balaban J connectivity index is 1.76. The quantitative estimate of drug-likeness (QED) is 0.204. The Morgan fingerprint density at radius 2 is 1.26 bits per heavy atom. The van der Waals surface area contributed by atoms with Gasteiger partial charge in [-0.25, -0.2) is 0 Å². The molecule has 0 saturated heterocycles. The molecule has 0 heterocycles. The van der Waals surface area contributed by atoms with Crippen LogP contribution in [0.15, 0.2) is 151 Å². The zero-order valence-corrected chi connectivity index (χ0v) is 21.0. The van der Waals surface area contributed by atoms with Crippen LogP contribution in [0.1, 0.15) is 66.0 Å². The maximum Gasteiger partial charge on any atom is 0.0651 e. The summed E-state index contributed by atoms with van der Waals surface area (Å²) in [5, 5.41) is -3.42. The molecule has 8 rings (SSSR count). The molecule has 0 atom stereocenters. The minimum absolute atomic E-state index is 0.404. The Morgan fingerprint density at radius 1 is 0.548 bits per heavy atom. The molecule has 0 amide bonds. The number of nitrogens with zero attached hydrogens (tertiary/aromatic N) is 1. The third kappa shape index (κ3) is 3.78. The fourth-order valence-electron chi connectivity index (χ4n) is 4.85. The summed E-state index contributed by atoms with van der Waals surface area (Å²) in [7, 11) is 0. The molecule has 0 bridgehead atoms. The van der Waals surface area contributed by atoms with Crippen molar-refractivity contribution >= 4 is 38.6 Å². The van der Waals surface area contributed by atoms with Crippen molar-refractivity contribution in [3.8, 4) is 22.3 Å². The number of hydrogen-bond acceptors (Lipinski definition) is 1. The van der Waals surface area contributed by atoms with Gasteiger partial charge in [-0.05, 0) is 79.6 Å². The van der Waals surface area contributed by atoms with Crippen molar-refractivity contribution in [2.75, 3.05) is 4.90 Å². The van der Waals surface area contributed by atoms with Crippen LogP contribution in [0.3, 0.4) is 0 Å². The Bertz CT molecular complexity index is 3620. The van der Waals surface area contributed by atoms with Crippen molar-refractivity contribution in [3.05, 3.63) is 162 Å². The van der Waals surface area contributed by atoms with Crippen molar-refractivity contribution in [3.63, 3.8) is 0 Å².